The topological polar surface area (TPSA) is 73.6 Å². The Hall–Kier alpha value is -2.24. The predicted molar refractivity (Wildman–Crippen MR) is 116 cm³/mol. The summed E-state index contributed by atoms with van der Waals surface area (Å²) < 4.78 is 12.4. The first-order valence-corrected chi connectivity index (χ1v) is 10.2. The summed E-state index contributed by atoms with van der Waals surface area (Å²) in [6.45, 7) is 0.0543. The fourth-order valence-electron chi connectivity index (χ4n) is 4.14. The molecular weight excluding hydrogens is 388 g/mol. The normalized spacial score (nSPS) is 23.1. The maximum Gasteiger partial charge on any atom is 0.233 e. The van der Waals surface area contributed by atoms with Crippen molar-refractivity contribution in [2.75, 3.05) is 6.54 Å². The van der Waals surface area contributed by atoms with Gasteiger partial charge in [-0.2, -0.15) is 0 Å². The molecule has 0 bridgehead atoms. The molecule has 2 aliphatic rings. The van der Waals surface area contributed by atoms with Gasteiger partial charge in [-0.1, -0.05) is 30.3 Å². The van der Waals surface area contributed by atoms with Gasteiger partial charge in [0, 0.05) is 6.04 Å². The lowest BCUT2D eigenvalue weighted by Crippen LogP contribution is -2.42. The molecule has 1 atom stereocenters. The molecule has 2 aromatic rings. The fourth-order valence-corrected chi connectivity index (χ4v) is 4.14. The van der Waals surface area contributed by atoms with E-state index in [9.17, 15) is 4.79 Å². The van der Waals surface area contributed by atoms with Crippen LogP contribution in [0.25, 0.3) is 0 Å². The van der Waals surface area contributed by atoms with Crippen LogP contribution in [0, 0.1) is 0 Å². The maximum absolute atomic E-state index is 11.4. The van der Waals surface area contributed by atoms with Crippen LogP contribution in [0.15, 0.2) is 48.5 Å². The molecule has 0 saturated heterocycles. The highest BCUT2D eigenvalue weighted by atomic mass is 35.5. The van der Waals surface area contributed by atoms with Gasteiger partial charge in [0.2, 0.25) is 5.91 Å². The first-order valence-electron chi connectivity index (χ1n) is 10.2. The molecule has 1 fully saturated rings. The largest absolute Gasteiger partial charge is 0.490 e. The molecule has 29 heavy (non-hydrogen) atoms. The standard InChI is InChI=1S/C23H28N2O3.ClH/c24-15-23(26)25-18-7-9-19(10-8-18)27-20-11-13-22-17(14-20)6-12-21(28-22)16-4-2-1-3-5-16;/h1-5,11,13-14,18-19,21H,6-10,12,15,24H2,(H,25,26);1H. The molecule has 0 aromatic heterocycles. The Bertz CT molecular complexity index is 807. The van der Waals surface area contributed by atoms with Gasteiger partial charge in [-0.15, -0.1) is 12.4 Å². The van der Waals surface area contributed by atoms with Crippen LogP contribution in [0.5, 0.6) is 11.5 Å². The molecule has 6 heteroatoms. The number of halogens is 1. The van der Waals surface area contributed by atoms with Crippen molar-refractivity contribution < 1.29 is 14.3 Å². The number of nitrogens with one attached hydrogen (secondary N) is 1. The first-order chi connectivity index (χ1) is 13.7. The average molecular weight is 417 g/mol. The number of hydrogen-bond acceptors (Lipinski definition) is 4. The molecule has 156 valence electrons. The van der Waals surface area contributed by atoms with Crippen LogP contribution in [0.4, 0.5) is 0 Å². The Morgan fingerprint density at radius 3 is 2.55 bits per heavy atom. The van der Waals surface area contributed by atoms with E-state index in [0.29, 0.717) is 0 Å². The summed E-state index contributed by atoms with van der Waals surface area (Å²) in [5.74, 6) is 1.79. The van der Waals surface area contributed by atoms with Gasteiger partial charge in [0.25, 0.3) is 0 Å². The summed E-state index contributed by atoms with van der Waals surface area (Å²) in [4.78, 5) is 11.4. The highest BCUT2D eigenvalue weighted by molar-refractivity contribution is 5.85. The average Bonchev–Trinajstić information content (AvgIpc) is 2.75. The molecule has 1 saturated carbocycles. The lowest BCUT2D eigenvalue weighted by molar-refractivity contribution is -0.120. The molecule has 3 N–H and O–H groups in total. The van der Waals surface area contributed by atoms with Gasteiger partial charge >= 0.3 is 0 Å². The monoisotopic (exact) mass is 416 g/mol. The number of rotatable bonds is 5. The third-order valence-corrected chi connectivity index (χ3v) is 5.68. The number of benzene rings is 2. The van der Waals surface area contributed by atoms with Gasteiger partial charge in [0.05, 0.1) is 12.6 Å². The molecule has 0 spiro atoms. The number of fused-ring (bicyclic) bond motifs is 1. The summed E-state index contributed by atoms with van der Waals surface area (Å²) in [6, 6.07) is 16.8. The SMILES string of the molecule is Cl.NCC(=O)NC1CCC(Oc2ccc3c(c2)CCC(c2ccccc2)O3)CC1. The zero-order valence-corrected chi connectivity index (χ0v) is 17.3. The maximum atomic E-state index is 11.4. The number of carbonyl (C=O) groups excluding carboxylic acids is 1. The van der Waals surface area contributed by atoms with Crippen LogP contribution < -0.4 is 20.5 Å². The number of nitrogens with two attached hydrogens (primary N) is 1. The highest BCUT2D eigenvalue weighted by Gasteiger charge is 2.25. The van der Waals surface area contributed by atoms with Gasteiger partial charge in [-0.3, -0.25) is 4.79 Å². The highest BCUT2D eigenvalue weighted by Crippen LogP contribution is 2.37. The van der Waals surface area contributed by atoms with Crippen LogP contribution in [-0.2, 0) is 11.2 Å². The van der Waals surface area contributed by atoms with Crippen molar-refractivity contribution in [3.8, 4) is 11.5 Å². The van der Waals surface area contributed by atoms with Gasteiger partial charge in [-0.25, -0.2) is 0 Å². The lowest BCUT2D eigenvalue weighted by Gasteiger charge is -2.30. The van der Waals surface area contributed by atoms with Crippen molar-refractivity contribution in [1.29, 1.82) is 0 Å². The van der Waals surface area contributed by atoms with E-state index in [2.05, 4.69) is 35.6 Å². The molecular formula is C23H29ClN2O3. The van der Waals surface area contributed by atoms with E-state index in [1.165, 1.54) is 11.1 Å². The molecule has 1 amide bonds. The van der Waals surface area contributed by atoms with Crippen molar-refractivity contribution >= 4 is 18.3 Å². The fraction of sp³-hybridized carbons (Fsp3) is 0.435. The third kappa shape index (κ3) is 5.43. The van der Waals surface area contributed by atoms with Crippen molar-refractivity contribution in [3.63, 3.8) is 0 Å². The second kappa shape index (κ2) is 9.99. The molecule has 1 aliphatic carbocycles. The van der Waals surface area contributed by atoms with E-state index in [-0.39, 0.29) is 43.1 Å². The molecule has 0 radical (unpaired) electrons. The van der Waals surface area contributed by atoms with E-state index in [4.69, 9.17) is 15.2 Å². The molecule has 1 heterocycles. The minimum atomic E-state index is -0.0761. The summed E-state index contributed by atoms with van der Waals surface area (Å²) in [7, 11) is 0. The van der Waals surface area contributed by atoms with Crippen molar-refractivity contribution in [3.05, 3.63) is 59.7 Å². The quantitative estimate of drug-likeness (QED) is 0.774. The first kappa shape index (κ1) is 21.5. The molecule has 4 rings (SSSR count). The number of amides is 1. The lowest BCUT2D eigenvalue weighted by atomic mass is 9.92. The number of hydrogen-bond donors (Lipinski definition) is 2. The van der Waals surface area contributed by atoms with Crippen molar-refractivity contribution in [1.82, 2.24) is 5.32 Å². The van der Waals surface area contributed by atoms with Crippen LogP contribution in [0.1, 0.15) is 49.3 Å². The van der Waals surface area contributed by atoms with Gasteiger partial charge < -0.3 is 20.5 Å². The molecule has 1 aliphatic heterocycles. The Morgan fingerprint density at radius 2 is 1.83 bits per heavy atom. The Labute approximate surface area is 178 Å². The van der Waals surface area contributed by atoms with E-state index in [1.807, 2.05) is 18.2 Å². The second-order valence-corrected chi connectivity index (χ2v) is 7.69. The minimum absolute atomic E-state index is 0. The van der Waals surface area contributed by atoms with Crippen molar-refractivity contribution in [2.24, 2.45) is 5.73 Å². The zero-order valence-electron chi connectivity index (χ0n) is 16.5. The van der Waals surface area contributed by atoms with E-state index in [0.717, 1.165) is 50.0 Å². The Kier molecular flexibility index (Phi) is 7.40. The summed E-state index contributed by atoms with van der Waals surface area (Å²) in [5, 5.41) is 2.98. The molecule has 1 unspecified atom stereocenters. The van der Waals surface area contributed by atoms with Crippen LogP contribution >= 0.6 is 12.4 Å². The third-order valence-electron chi connectivity index (χ3n) is 5.68. The van der Waals surface area contributed by atoms with E-state index in [1.54, 1.807) is 0 Å². The number of aryl methyl sites for hydroxylation is 1. The zero-order chi connectivity index (χ0) is 19.3. The Morgan fingerprint density at radius 1 is 1.07 bits per heavy atom. The van der Waals surface area contributed by atoms with E-state index >= 15 is 0 Å². The van der Waals surface area contributed by atoms with Gasteiger partial charge in [0.1, 0.15) is 17.6 Å². The summed E-state index contributed by atoms with van der Waals surface area (Å²) in [6.07, 6.45) is 6.05. The van der Waals surface area contributed by atoms with Gasteiger partial charge in [-0.05, 0) is 67.9 Å². The Balaban J connectivity index is 0.00000240. The molecule has 2 aromatic carbocycles. The number of carbonyl (C=O) groups is 1. The number of ether oxygens (including phenoxy) is 2. The second-order valence-electron chi connectivity index (χ2n) is 7.69. The smallest absolute Gasteiger partial charge is 0.233 e. The summed E-state index contributed by atoms with van der Waals surface area (Å²) in [5.41, 5.74) is 7.81. The van der Waals surface area contributed by atoms with Crippen LogP contribution in [-0.4, -0.2) is 24.6 Å². The molecule has 5 nitrogen and oxygen atoms in total. The minimum Gasteiger partial charge on any atom is -0.490 e. The van der Waals surface area contributed by atoms with Crippen LogP contribution in [0.2, 0.25) is 0 Å². The van der Waals surface area contributed by atoms with Crippen molar-refractivity contribution in [2.45, 2.75) is 56.8 Å². The van der Waals surface area contributed by atoms with E-state index < -0.39 is 0 Å². The predicted octanol–water partition coefficient (Wildman–Crippen LogP) is 3.94. The van der Waals surface area contributed by atoms with Crippen LogP contribution in [0.3, 0.4) is 0 Å². The van der Waals surface area contributed by atoms with Gasteiger partial charge in [0.15, 0.2) is 0 Å². The summed E-state index contributed by atoms with van der Waals surface area (Å²) >= 11 is 0.